The summed E-state index contributed by atoms with van der Waals surface area (Å²) in [5.41, 5.74) is 1.98. The summed E-state index contributed by atoms with van der Waals surface area (Å²) in [6.07, 6.45) is 8.29. The molecule has 118 valence electrons. The average Bonchev–Trinajstić information content (AvgIpc) is 3.16. The lowest BCUT2D eigenvalue weighted by Gasteiger charge is -2.32. The SMILES string of the molecule is CCCn1nccc1C1CCN(C(=O)c2cncn2C)CC1. The zero-order valence-electron chi connectivity index (χ0n) is 13.3. The van der Waals surface area contributed by atoms with Crippen molar-refractivity contribution in [2.45, 2.75) is 38.6 Å². The molecule has 22 heavy (non-hydrogen) atoms. The predicted octanol–water partition coefficient (Wildman–Crippen LogP) is 2.05. The second-order valence-corrected chi connectivity index (χ2v) is 5.94. The zero-order valence-corrected chi connectivity index (χ0v) is 13.3. The Morgan fingerprint density at radius 1 is 1.36 bits per heavy atom. The van der Waals surface area contributed by atoms with Gasteiger partial charge >= 0.3 is 0 Å². The van der Waals surface area contributed by atoms with Crippen LogP contribution in [-0.2, 0) is 13.6 Å². The summed E-state index contributed by atoms with van der Waals surface area (Å²) in [5.74, 6) is 0.588. The number of hydrogen-bond acceptors (Lipinski definition) is 3. The van der Waals surface area contributed by atoms with Gasteiger partial charge in [-0.1, -0.05) is 6.92 Å². The van der Waals surface area contributed by atoms with Gasteiger partial charge in [-0.2, -0.15) is 5.10 Å². The minimum atomic E-state index is 0.0838. The lowest BCUT2D eigenvalue weighted by molar-refractivity contribution is 0.0701. The van der Waals surface area contributed by atoms with E-state index in [1.54, 1.807) is 17.1 Å². The molecule has 0 N–H and O–H groups in total. The fourth-order valence-corrected chi connectivity index (χ4v) is 3.19. The van der Waals surface area contributed by atoms with Crippen molar-refractivity contribution in [1.29, 1.82) is 0 Å². The fraction of sp³-hybridized carbons (Fsp3) is 0.562. The first-order valence-electron chi connectivity index (χ1n) is 7.98. The number of aryl methyl sites for hydroxylation is 2. The molecule has 0 spiro atoms. The molecule has 1 aliphatic heterocycles. The molecule has 3 heterocycles. The molecule has 2 aromatic rings. The van der Waals surface area contributed by atoms with Crippen LogP contribution in [-0.4, -0.2) is 43.2 Å². The van der Waals surface area contributed by atoms with Gasteiger partial charge in [0.25, 0.3) is 5.91 Å². The molecule has 0 saturated carbocycles. The summed E-state index contributed by atoms with van der Waals surface area (Å²) < 4.78 is 3.90. The van der Waals surface area contributed by atoms with Crippen LogP contribution >= 0.6 is 0 Å². The molecular weight excluding hydrogens is 278 g/mol. The molecule has 0 aromatic carbocycles. The van der Waals surface area contributed by atoms with Crippen LogP contribution in [0.2, 0.25) is 0 Å². The Bertz CT molecular complexity index is 637. The fourth-order valence-electron chi connectivity index (χ4n) is 3.19. The van der Waals surface area contributed by atoms with Crippen LogP contribution in [0.4, 0.5) is 0 Å². The van der Waals surface area contributed by atoms with Crippen molar-refractivity contribution in [1.82, 2.24) is 24.2 Å². The second-order valence-electron chi connectivity index (χ2n) is 5.94. The van der Waals surface area contributed by atoms with Gasteiger partial charge in [0.05, 0.1) is 12.5 Å². The first kappa shape index (κ1) is 14.8. The number of hydrogen-bond donors (Lipinski definition) is 0. The highest BCUT2D eigenvalue weighted by Gasteiger charge is 2.27. The molecule has 2 aromatic heterocycles. The minimum absolute atomic E-state index is 0.0838. The van der Waals surface area contributed by atoms with Crippen LogP contribution < -0.4 is 0 Å². The Labute approximate surface area is 130 Å². The average molecular weight is 301 g/mol. The zero-order chi connectivity index (χ0) is 15.5. The van der Waals surface area contributed by atoms with Gasteiger partial charge in [-0.05, 0) is 25.3 Å². The first-order valence-corrected chi connectivity index (χ1v) is 7.98. The van der Waals surface area contributed by atoms with E-state index in [0.29, 0.717) is 11.6 Å². The molecule has 0 unspecified atom stereocenters. The molecule has 1 fully saturated rings. The normalized spacial score (nSPS) is 16.2. The highest BCUT2D eigenvalue weighted by atomic mass is 16.2. The Kier molecular flexibility index (Phi) is 4.27. The van der Waals surface area contributed by atoms with Gasteiger partial charge in [-0.3, -0.25) is 9.48 Å². The maximum absolute atomic E-state index is 12.5. The number of likely N-dealkylation sites (tertiary alicyclic amines) is 1. The van der Waals surface area contributed by atoms with Gasteiger partial charge in [-0.25, -0.2) is 4.98 Å². The smallest absolute Gasteiger partial charge is 0.272 e. The van der Waals surface area contributed by atoms with Crippen LogP contribution in [0.3, 0.4) is 0 Å². The molecule has 6 nitrogen and oxygen atoms in total. The molecular formula is C16H23N5O. The summed E-state index contributed by atoms with van der Waals surface area (Å²) in [7, 11) is 1.86. The van der Waals surface area contributed by atoms with Crippen molar-refractivity contribution in [2.24, 2.45) is 7.05 Å². The number of aromatic nitrogens is 4. The van der Waals surface area contributed by atoms with Gasteiger partial charge in [-0.15, -0.1) is 0 Å². The van der Waals surface area contributed by atoms with Gasteiger partial charge in [0.2, 0.25) is 0 Å². The summed E-state index contributed by atoms with van der Waals surface area (Å²) in [6, 6.07) is 2.12. The van der Waals surface area contributed by atoms with Crippen LogP contribution in [0, 0.1) is 0 Å². The van der Waals surface area contributed by atoms with Crippen LogP contribution in [0.5, 0.6) is 0 Å². The number of carbonyl (C=O) groups excluding carboxylic acids is 1. The van der Waals surface area contributed by atoms with Gasteiger partial charge < -0.3 is 9.47 Å². The number of rotatable bonds is 4. The molecule has 1 amide bonds. The Morgan fingerprint density at radius 2 is 2.14 bits per heavy atom. The third-order valence-corrected chi connectivity index (χ3v) is 4.42. The number of piperidine rings is 1. The Balaban J connectivity index is 1.64. The number of amides is 1. The van der Waals surface area contributed by atoms with Gasteiger partial charge in [0, 0.05) is 44.5 Å². The van der Waals surface area contributed by atoms with E-state index in [1.807, 2.05) is 18.1 Å². The summed E-state index contributed by atoms with van der Waals surface area (Å²) in [6.45, 7) is 4.73. The van der Waals surface area contributed by atoms with E-state index in [1.165, 1.54) is 5.69 Å². The van der Waals surface area contributed by atoms with Crippen molar-refractivity contribution in [3.63, 3.8) is 0 Å². The quantitative estimate of drug-likeness (QED) is 0.868. The van der Waals surface area contributed by atoms with Crippen molar-refractivity contribution >= 4 is 5.91 Å². The van der Waals surface area contributed by atoms with E-state index < -0.39 is 0 Å². The summed E-state index contributed by atoms with van der Waals surface area (Å²) in [4.78, 5) is 18.5. The van der Waals surface area contributed by atoms with Crippen LogP contribution in [0.1, 0.15) is 48.3 Å². The largest absolute Gasteiger partial charge is 0.337 e. The molecule has 1 saturated heterocycles. The van der Waals surface area contributed by atoms with E-state index in [0.717, 1.165) is 38.9 Å². The Morgan fingerprint density at radius 3 is 2.77 bits per heavy atom. The topological polar surface area (TPSA) is 56.0 Å². The molecule has 6 heteroatoms. The highest BCUT2D eigenvalue weighted by Crippen LogP contribution is 2.28. The monoisotopic (exact) mass is 301 g/mol. The molecule has 0 aliphatic carbocycles. The molecule has 0 bridgehead atoms. The van der Waals surface area contributed by atoms with Crippen molar-refractivity contribution in [3.8, 4) is 0 Å². The Hall–Kier alpha value is -2.11. The standard InChI is InChI=1S/C16H23N5O/c1-3-8-21-14(4-7-18-21)13-5-9-20(10-6-13)16(22)15-11-17-12-19(15)2/h4,7,11-13H,3,5-6,8-10H2,1-2H3. The highest BCUT2D eigenvalue weighted by molar-refractivity contribution is 5.92. The maximum atomic E-state index is 12.5. The van der Waals surface area contributed by atoms with Crippen molar-refractivity contribution in [2.75, 3.05) is 13.1 Å². The summed E-state index contributed by atoms with van der Waals surface area (Å²) >= 11 is 0. The molecule has 3 rings (SSSR count). The van der Waals surface area contributed by atoms with Gasteiger partial charge in [0.15, 0.2) is 0 Å². The molecule has 1 aliphatic rings. The van der Waals surface area contributed by atoms with Crippen LogP contribution in [0.15, 0.2) is 24.8 Å². The molecule has 0 atom stereocenters. The first-order chi connectivity index (χ1) is 10.7. The van der Waals surface area contributed by atoms with E-state index in [9.17, 15) is 4.79 Å². The maximum Gasteiger partial charge on any atom is 0.272 e. The predicted molar refractivity (Wildman–Crippen MR) is 83.6 cm³/mol. The second kappa shape index (κ2) is 6.34. The number of carbonyl (C=O) groups is 1. The third kappa shape index (κ3) is 2.77. The van der Waals surface area contributed by atoms with E-state index in [4.69, 9.17) is 0 Å². The lowest BCUT2D eigenvalue weighted by atomic mass is 9.93. The van der Waals surface area contributed by atoms with E-state index in [2.05, 4.69) is 27.8 Å². The summed E-state index contributed by atoms with van der Waals surface area (Å²) in [5, 5.41) is 4.41. The van der Waals surface area contributed by atoms with Gasteiger partial charge in [0.1, 0.15) is 5.69 Å². The van der Waals surface area contributed by atoms with Crippen LogP contribution in [0.25, 0.3) is 0 Å². The number of nitrogens with zero attached hydrogens (tertiary/aromatic N) is 5. The molecule has 0 radical (unpaired) electrons. The lowest BCUT2D eigenvalue weighted by Crippen LogP contribution is -2.39. The van der Waals surface area contributed by atoms with E-state index >= 15 is 0 Å². The number of imidazole rings is 1. The van der Waals surface area contributed by atoms with Crippen molar-refractivity contribution < 1.29 is 4.79 Å². The third-order valence-electron chi connectivity index (χ3n) is 4.42. The van der Waals surface area contributed by atoms with Crippen molar-refractivity contribution in [3.05, 3.63) is 36.2 Å². The van der Waals surface area contributed by atoms with E-state index in [-0.39, 0.29) is 5.91 Å². The minimum Gasteiger partial charge on any atom is -0.337 e.